The number of carbonyl (C=O) groups is 2. The van der Waals surface area contributed by atoms with E-state index in [1.807, 2.05) is 0 Å². The highest BCUT2D eigenvalue weighted by Crippen LogP contribution is 2.14. The molecule has 1 unspecified atom stereocenters. The maximum absolute atomic E-state index is 13.0. The third-order valence-corrected chi connectivity index (χ3v) is 2.95. The van der Waals surface area contributed by atoms with Gasteiger partial charge in [-0.15, -0.1) is 0 Å². The number of nitrogens with zero attached hydrogens (tertiary/aromatic N) is 1. The van der Waals surface area contributed by atoms with E-state index >= 15 is 0 Å². The Hall–Kier alpha value is -1.91. The first-order chi connectivity index (χ1) is 8.56. The Morgan fingerprint density at radius 1 is 1.44 bits per heavy atom. The lowest BCUT2D eigenvalue weighted by atomic mass is 10.2. The maximum atomic E-state index is 13.0. The fourth-order valence-corrected chi connectivity index (χ4v) is 2.15. The molecule has 1 saturated heterocycles. The molecule has 0 saturated carbocycles. The smallest absolute Gasteiger partial charge is 0.254 e. The molecule has 1 atom stereocenters. The molecule has 0 bridgehead atoms. The van der Waals surface area contributed by atoms with Crippen LogP contribution in [0.15, 0.2) is 24.3 Å². The minimum atomic E-state index is -0.418. The average Bonchev–Trinajstić information content (AvgIpc) is 2.75. The lowest BCUT2D eigenvalue weighted by Crippen LogP contribution is -2.37. The molecule has 1 N–H and O–H groups in total. The third kappa shape index (κ3) is 2.85. The number of benzene rings is 1. The number of nitrogens with one attached hydrogen (secondary N) is 1. The molecule has 0 aliphatic carbocycles. The van der Waals surface area contributed by atoms with E-state index in [0.29, 0.717) is 18.7 Å². The standard InChI is InChI=1S/C13H15FN2O2/c1-9(17)15-12-5-6-16(8-12)13(18)10-3-2-4-11(14)7-10/h2-4,7,12H,5-6,8H2,1H3,(H,15,17). The van der Waals surface area contributed by atoms with Crippen LogP contribution in [0.1, 0.15) is 23.7 Å². The van der Waals surface area contributed by atoms with E-state index in [1.165, 1.54) is 25.1 Å². The van der Waals surface area contributed by atoms with E-state index in [4.69, 9.17) is 0 Å². The fraction of sp³-hybridized carbons (Fsp3) is 0.385. The summed E-state index contributed by atoms with van der Waals surface area (Å²) in [5.41, 5.74) is 0.346. The number of hydrogen-bond donors (Lipinski definition) is 1. The largest absolute Gasteiger partial charge is 0.352 e. The zero-order valence-electron chi connectivity index (χ0n) is 10.1. The Morgan fingerprint density at radius 3 is 2.89 bits per heavy atom. The molecule has 4 nitrogen and oxygen atoms in total. The Balaban J connectivity index is 2.01. The average molecular weight is 250 g/mol. The minimum Gasteiger partial charge on any atom is -0.352 e. The quantitative estimate of drug-likeness (QED) is 0.856. The van der Waals surface area contributed by atoms with Gasteiger partial charge in [0.05, 0.1) is 0 Å². The van der Waals surface area contributed by atoms with Crippen LogP contribution < -0.4 is 5.32 Å². The molecule has 1 aliphatic rings. The topological polar surface area (TPSA) is 49.4 Å². The molecule has 18 heavy (non-hydrogen) atoms. The van der Waals surface area contributed by atoms with Gasteiger partial charge in [-0.2, -0.15) is 0 Å². The summed E-state index contributed by atoms with van der Waals surface area (Å²) in [6, 6.07) is 5.65. The Morgan fingerprint density at radius 2 is 2.22 bits per heavy atom. The van der Waals surface area contributed by atoms with E-state index in [9.17, 15) is 14.0 Å². The van der Waals surface area contributed by atoms with Gasteiger partial charge >= 0.3 is 0 Å². The number of halogens is 1. The molecular formula is C13H15FN2O2. The van der Waals surface area contributed by atoms with E-state index in [2.05, 4.69) is 5.32 Å². The van der Waals surface area contributed by atoms with Crippen molar-refractivity contribution in [3.63, 3.8) is 0 Å². The highest BCUT2D eigenvalue weighted by Gasteiger charge is 2.27. The maximum Gasteiger partial charge on any atom is 0.254 e. The van der Waals surface area contributed by atoms with Gasteiger partial charge in [0.2, 0.25) is 5.91 Å². The Bertz CT molecular complexity index is 476. The first-order valence-corrected chi connectivity index (χ1v) is 5.88. The van der Waals surface area contributed by atoms with Crippen LogP contribution in [0.3, 0.4) is 0 Å². The van der Waals surface area contributed by atoms with Crippen LogP contribution in [-0.2, 0) is 4.79 Å². The van der Waals surface area contributed by atoms with Crippen molar-refractivity contribution in [2.75, 3.05) is 13.1 Å². The molecule has 1 aliphatic heterocycles. The Kier molecular flexibility index (Phi) is 3.60. The molecule has 0 radical (unpaired) electrons. The number of hydrogen-bond acceptors (Lipinski definition) is 2. The van der Waals surface area contributed by atoms with Gasteiger partial charge in [0.1, 0.15) is 5.82 Å². The molecule has 0 aromatic heterocycles. The van der Waals surface area contributed by atoms with E-state index in [0.717, 1.165) is 6.42 Å². The van der Waals surface area contributed by atoms with E-state index in [1.54, 1.807) is 11.0 Å². The Labute approximate surface area is 105 Å². The molecule has 1 aromatic rings. The van der Waals surface area contributed by atoms with Crippen LogP contribution in [0.5, 0.6) is 0 Å². The second-order valence-electron chi connectivity index (χ2n) is 4.45. The van der Waals surface area contributed by atoms with Crippen molar-refractivity contribution in [1.82, 2.24) is 10.2 Å². The summed E-state index contributed by atoms with van der Waals surface area (Å²) in [5.74, 6) is -0.708. The molecule has 96 valence electrons. The summed E-state index contributed by atoms with van der Waals surface area (Å²) >= 11 is 0. The highest BCUT2D eigenvalue weighted by molar-refractivity contribution is 5.94. The van der Waals surface area contributed by atoms with Crippen LogP contribution in [0.4, 0.5) is 4.39 Å². The number of likely N-dealkylation sites (tertiary alicyclic amines) is 1. The molecule has 5 heteroatoms. The number of carbonyl (C=O) groups excluding carboxylic acids is 2. The van der Waals surface area contributed by atoms with Gasteiger partial charge < -0.3 is 10.2 Å². The summed E-state index contributed by atoms with van der Waals surface area (Å²) in [6.45, 7) is 2.52. The summed E-state index contributed by atoms with van der Waals surface area (Å²) < 4.78 is 13.0. The van der Waals surface area contributed by atoms with Gasteiger partial charge in [0.15, 0.2) is 0 Å². The molecule has 1 aromatic carbocycles. The van der Waals surface area contributed by atoms with Crippen molar-refractivity contribution < 1.29 is 14.0 Å². The summed E-state index contributed by atoms with van der Waals surface area (Å²) in [7, 11) is 0. The normalized spacial score (nSPS) is 18.8. The van der Waals surface area contributed by atoms with Crippen LogP contribution in [0.2, 0.25) is 0 Å². The molecule has 1 heterocycles. The van der Waals surface area contributed by atoms with Crippen LogP contribution in [0.25, 0.3) is 0 Å². The monoisotopic (exact) mass is 250 g/mol. The predicted molar refractivity (Wildman–Crippen MR) is 64.5 cm³/mol. The van der Waals surface area contributed by atoms with Crippen molar-refractivity contribution in [2.45, 2.75) is 19.4 Å². The summed E-state index contributed by atoms with van der Waals surface area (Å²) in [6.07, 6.45) is 0.737. The first kappa shape index (κ1) is 12.5. The van der Waals surface area contributed by atoms with Gasteiger partial charge in [0.25, 0.3) is 5.91 Å². The van der Waals surface area contributed by atoms with Gasteiger partial charge in [-0.1, -0.05) is 6.07 Å². The van der Waals surface area contributed by atoms with Crippen LogP contribution in [-0.4, -0.2) is 35.8 Å². The zero-order chi connectivity index (χ0) is 13.1. The fourth-order valence-electron chi connectivity index (χ4n) is 2.15. The lowest BCUT2D eigenvalue weighted by Gasteiger charge is -2.16. The molecule has 0 spiro atoms. The second kappa shape index (κ2) is 5.16. The van der Waals surface area contributed by atoms with Crippen molar-refractivity contribution in [3.8, 4) is 0 Å². The molecular weight excluding hydrogens is 235 g/mol. The third-order valence-electron chi connectivity index (χ3n) is 2.95. The number of amides is 2. The second-order valence-corrected chi connectivity index (χ2v) is 4.45. The van der Waals surface area contributed by atoms with E-state index in [-0.39, 0.29) is 17.9 Å². The van der Waals surface area contributed by atoms with Crippen molar-refractivity contribution >= 4 is 11.8 Å². The van der Waals surface area contributed by atoms with Gasteiger partial charge in [-0.25, -0.2) is 4.39 Å². The molecule has 2 rings (SSSR count). The lowest BCUT2D eigenvalue weighted by molar-refractivity contribution is -0.119. The van der Waals surface area contributed by atoms with Crippen molar-refractivity contribution in [2.24, 2.45) is 0 Å². The SMILES string of the molecule is CC(=O)NC1CCN(C(=O)c2cccc(F)c2)C1. The zero-order valence-corrected chi connectivity index (χ0v) is 10.1. The van der Waals surface area contributed by atoms with Gasteiger partial charge in [0, 0.05) is 31.6 Å². The van der Waals surface area contributed by atoms with E-state index < -0.39 is 5.82 Å². The van der Waals surface area contributed by atoms with Gasteiger partial charge in [-0.3, -0.25) is 9.59 Å². The predicted octanol–water partition coefficient (Wildman–Crippen LogP) is 1.18. The van der Waals surface area contributed by atoms with Crippen LogP contribution in [0, 0.1) is 5.82 Å². The first-order valence-electron chi connectivity index (χ1n) is 5.88. The van der Waals surface area contributed by atoms with Crippen molar-refractivity contribution in [1.29, 1.82) is 0 Å². The summed E-state index contributed by atoms with van der Waals surface area (Å²) in [4.78, 5) is 24.6. The molecule has 2 amide bonds. The van der Waals surface area contributed by atoms with Crippen LogP contribution >= 0.6 is 0 Å². The van der Waals surface area contributed by atoms with Crippen molar-refractivity contribution in [3.05, 3.63) is 35.6 Å². The highest BCUT2D eigenvalue weighted by atomic mass is 19.1. The minimum absolute atomic E-state index is 0.00000850. The summed E-state index contributed by atoms with van der Waals surface area (Å²) in [5, 5.41) is 2.78. The number of rotatable bonds is 2. The van der Waals surface area contributed by atoms with Gasteiger partial charge in [-0.05, 0) is 24.6 Å². The molecule has 1 fully saturated rings.